The van der Waals surface area contributed by atoms with Crippen molar-refractivity contribution in [1.29, 1.82) is 5.26 Å². The average Bonchev–Trinajstić information content (AvgIpc) is 3.71. The molecular formula is C26H29N7O5. The van der Waals surface area contributed by atoms with Gasteiger partial charge in [-0.3, -0.25) is 19.8 Å². The molecule has 38 heavy (non-hydrogen) atoms. The molecule has 2 aromatic heterocycles. The summed E-state index contributed by atoms with van der Waals surface area (Å²) in [6.45, 7) is 2.57. The molecule has 1 saturated heterocycles. The number of pyridine rings is 2. The fourth-order valence-electron chi connectivity index (χ4n) is 4.84. The van der Waals surface area contributed by atoms with Crippen molar-refractivity contribution < 1.29 is 23.9 Å². The summed E-state index contributed by atoms with van der Waals surface area (Å²) in [5.41, 5.74) is 1.91. The molecule has 0 bridgehead atoms. The number of nitrogens with zero attached hydrogens (tertiary/aromatic N) is 5. The van der Waals surface area contributed by atoms with E-state index >= 15 is 0 Å². The van der Waals surface area contributed by atoms with Gasteiger partial charge in [0, 0.05) is 51.1 Å². The average molecular weight is 520 g/mol. The highest BCUT2D eigenvalue weighted by atomic mass is 16.5. The van der Waals surface area contributed by atoms with Gasteiger partial charge in [-0.1, -0.05) is 0 Å². The van der Waals surface area contributed by atoms with Crippen LogP contribution in [0.5, 0.6) is 0 Å². The van der Waals surface area contributed by atoms with Crippen LogP contribution >= 0.6 is 0 Å². The molecule has 0 radical (unpaired) electrons. The van der Waals surface area contributed by atoms with Crippen LogP contribution in [-0.4, -0.2) is 78.7 Å². The third-order valence-corrected chi connectivity index (χ3v) is 6.99. The molecule has 4 heterocycles. The monoisotopic (exact) mass is 519 g/mol. The Morgan fingerprint density at radius 1 is 1.34 bits per heavy atom. The Labute approximate surface area is 219 Å². The quantitative estimate of drug-likeness (QED) is 0.395. The molecular weight excluding hydrogens is 490 g/mol. The van der Waals surface area contributed by atoms with Crippen LogP contribution in [0.3, 0.4) is 0 Å². The molecule has 12 heteroatoms. The summed E-state index contributed by atoms with van der Waals surface area (Å²) in [5, 5.41) is 15.2. The van der Waals surface area contributed by atoms with Crippen molar-refractivity contribution in [1.82, 2.24) is 14.9 Å². The molecule has 2 fully saturated rings. The molecule has 2 aromatic rings. The van der Waals surface area contributed by atoms with Gasteiger partial charge in [0.2, 0.25) is 0 Å². The number of nitriles is 1. The molecule has 3 amide bonds. The number of nitrogens with one attached hydrogen (secondary N) is 2. The molecule has 2 aliphatic heterocycles. The first-order valence-corrected chi connectivity index (χ1v) is 12.6. The lowest BCUT2D eigenvalue weighted by Crippen LogP contribution is -2.48. The van der Waals surface area contributed by atoms with E-state index < -0.39 is 11.6 Å². The Kier molecular flexibility index (Phi) is 7.22. The van der Waals surface area contributed by atoms with Crippen LogP contribution in [0.4, 0.5) is 22.1 Å². The van der Waals surface area contributed by atoms with Gasteiger partial charge in [0.25, 0.3) is 5.91 Å². The van der Waals surface area contributed by atoms with Gasteiger partial charge >= 0.3 is 6.03 Å². The third kappa shape index (κ3) is 5.03. The molecule has 1 spiro atoms. The van der Waals surface area contributed by atoms with Gasteiger partial charge in [-0.15, -0.1) is 0 Å². The van der Waals surface area contributed by atoms with Crippen molar-refractivity contribution in [3.63, 3.8) is 0 Å². The van der Waals surface area contributed by atoms with E-state index in [0.29, 0.717) is 74.6 Å². The second-order valence-electron chi connectivity index (χ2n) is 9.53. The number of urea groups is 1. The normalized spacial score (nSPS) is 17.5. The maximum absolute atomic E-state index is 13.3. The number of ether oxygens (including phenoxy) is 2. The number of aldehydes is 1. The molecule has 3 aliphatic rings. The van der Waals surface area contributed by atoms with Crippen molar-refractivity contribution >= 4 is 35.5 Å². The summed E-state index contributed by atoms with van der Waals surface area (Å²) in [4.78, 5) is 50.1. The molecule has 1 saturated carbocycles. The second kappa shape index (κ2) is 10.7. The van der Waals surface area contributed by atoms with E-state index in [1.165, 1.54) is 11.1 Å². The number of rotatable bonds is 8. The number of methoxy groups -OCH3 is 1. The topological polar surface area (TPSA) is 150 Å². The number of aryl methyl sites for hydroxylation is 1. The van der Waals surface area contributed by atoms with Crippen molar-refractivity contribution in [2.24, 2.45) is 0 Å². The van der Waals surface area contributed by atoms with E-state index in [2.05, 4.69) is 26.7 Å². The summed E-state index contributed by atoms with van der Waals surface area (Å²) in [7, 11) is 1.58. The SMILES string of the molecule is COCCNc1cc(NC(=O)N2CCCc3cc(CN4CCOC5(CC5)C4=O)c(C=O)nc32)ncc1C#N. The summed E-state index contributed by atoms with van der Waals surface area (Å²) in [6, 6.07) is 5.11. The van der Waals surface area contributed by atoms with Crippen molar-refractivity contribution in [3.05, 3.63) is 40.7 Å². The smallest absolute Gasteiger partial charge is 0.328 e. The van der Waals surface area contributed by atoms with Crippen LogP contribution in [-0.2, 0) is 27.2 Å². The van der Waals surface area contributed by atoms with E-state index in [1.807, 2.05) is 6.07 Å². The minimum absolute atomic E-state index is 0.0367. The van der Waals surface area contributed by atoms with Crippen LogP contribution < -0.4 is 15.5 Å². The summed E-state index contributed by atoms with van der Waals surface area (Å²) in [6.07, 6.45) is 4.93. The first-order valence-electron chi connectivity index (χ1n) is 12.6. The Balaban J connectivity index is 1.34. The second-order valence-corrected chi connectivity index (χ2v) is 9.53. The number of hydrogen-bond acceptors (Lipinski definition) is 9. The van der Waals surface area contributed by atoms with Gasteiger partial charge in [-0.2, -0.15) is 5.26 Å². The number of carbonyl (C=O) groups is 3. The Hall–Kier alpha value is -4.08. The highest BCUT2D eigenvalue weighted by Crippen LogP contribution is 2.43. The zero-order chi connectivity index (χ0) is 26.7. The number of amides is 3. The van der Waals surface area contributed by atoms with Gasteiger partial charge in [0.05, 0.1) is 24.5 Å². The number of anilines is 3. The fraction of sp³-hybridized carbons (Fsp3) is 0.462. The predicted octanol–water partition coefficient (Wildman–Crippen LogP) is 2.10. The molecule has 198 valence electrons. The van der Waals surface area contributed by atoms with Gasteiger partial charge < -0.3 is 19.7 Å². The van der Waals surface area contributed by atoms with Gasteiger partial charge in [0.1, 0.15) is 29.0 Å². The molecule has 0 aromatic carbocycles. The Morgan fingerprint density at radius 3 is 2.92 bits per heavy atom. The summed E-state index contributed by atoms with van der Waals surface area (Å²) in [5.74, 6) is 0.650. The first kappa shape index (κ1) is 25.6. The Bertz CT molecular complexity index is 1300. The fourth-order valence-corrected chi connectivity index (χ4v) is 4.84. The standard InChI is InChI=1S/C26H29N7O5/c1-37-9-6-28-20-12-22(29-14-19(20)13-27)31-25(36)33-7-2-3-17-11-18(21(16-34)30-23(17)33)15-32-8-10-38-26(4-5-26)24(32)35/h11-12,14,16H,2-10,15H2,1H3,(H2,28,29,31,36). The number of fused-ring (bicyclic) bond motifs is 1. The van der Waals surface area contributed by atoms with Crippen LogP contribution in [0.25, 0.3) is 0 Å². The molecule has 12 nitrogen and oxygen atoms in total. The van der Waals surface area contributed by atoms with E-state index in [4.69, 9.17) is 9.47 Å². The molecule has 0 unspecified atom stereocenters. The number of hydrogen-bond donors (Lipinski definition) is 2. The van der Waals surface area contributed by atoms with Crippen LogP contribution in [0.15, 0.2) is 18.3 Å². The molecule has 1 aliphatic carbocycles. The third-order valence-electron chi connectivity index (χ3n) is 6.99. The van der Waals surface area contributed by atoms with E-state index in [-0.39, 0.29) is 24.0 Å². The van der Waals surface area contributed by atoms with Gasteiger partial charge in [-0.05, 0) is 37.3 Å². The minimum Gasteiger partial charge on any atom is -0.383 e. The lowest BCUT2D eigenvalue weighted by molar-refractivity contribution is -0.157. The molecule has 0 atom stereocenters. The zero-order valence-corrected chi connectivity index (χ0v) is 21.2. The van der Waals surface area contributed by atoms with E-state index in [9.17, 15) is 19.6 Å². The first-order chi connectivity index (χ1) is 18.5. The highest BCUT2D eigenvalue weighted by Gasteiger charge is 2.55. The number of morpholine rings is 1. The maximum atomic E-state index is 13.3. The van der Waals surface area contributed by atoms with Gasteiger partial charge in [-0.25, -0.2) is 14.8 Å². The largest absolute Gasteiger partial charge is 0.383 e. The van der Waals surface area contributed by atoms with Crippen molar-refractivity contribution in [2.45, 2.75) is 37.8 Å². The lowest BCUT2D eigenvalue weighted by atomic mass is 10.0. The number of aromatic nitrogens is 2. The zero-order valence-electron chi connectivity index (χ0n) is 21.2. The van der Waals surface area contributed by atoms with Crippen molar-refractivity contribution in [2.75, 3.05) is 55.5 Å². The highest BCUT2D eigenvalue weighted by molar-refractivity contribution is 6.02. The number of carbonyl (C=O) groups excluding carboxylic acids is 3. The van der Waals surface area contributed by atoms with Crippen LogP contribution in [0, 0.1) is 11.3 Å². The lowest BCUT2D eigenvalue weighted by Gasteiger charge is -2.33. The van der Waals surface area contributed by atoms with Crippen LogP contribution in [0.2, 0.25) is 0 Å². The summed E-state index contributed by atoms with van der Waals surface area (Å²) < 4.78 is 10.7. The maximum Gasteiger partial charge on any atom is 0.328 e. The van der Waals surface area contributed by atoms with E-state index in [0.717, 1.165) is 18.4 Å². The molecule has 2 N–H and O–H groups in total. The Morgan fingerprint density at radius 2 is 2.18 bits per heavy atom. The van der Waals surface area contributed by atoms with Crippen LogP contribution in [0.1, 0.15) is 46.4 Å². The van der Waals surface area contributed by atoms with Gasteiger partial charge in [0.15, 0.2) is 6.29 Å². The summed E-state index contributed by atoms with van der Waals surface area (Å²) >= 11 is 0. The minimum atomic E-state index is -0.672. The van der Waals surface area contributed by atoms with Crippen molar-refractivity contribution in [3.8, 4) is 6.07 Å². The molecule has 5 rings (SSSR count). The predicted molar refractivity (Wildman–Crippen MR) is 137 cm³/mol. The van der Waals surface area contributed by atoms with E-state index in [1.54, 1.807) is 18.1 Å².